The van der Waals surface area contributed by atoms with Crippen molar-refractivity contribution in [1.29, 1.82) is 0 Å². The molecule has 19 heavy (non-hydrogen) atoms. The van der Waals surface area contributed by atoms with Gasteiger partial charge in [0, 0.05) is 11.6 Å². The number of anilines is 2. The van der Waals surface area contributed by atoms with Gasteiger partial charge < -0.3 is 21.3 Å². The molecule has 98 valence electrons. The molecule has 0 bridgehead atoms. The summed E-state index contributed by atoms with van der Waals surface area (Å²) in [5.41, 5.74) is 6.11. The molecular weight excluding hydrogens is 314 g/mol. The number of halogens is 1. The van der Waals surface area contributed by atoms with E-state index in [2.05, 4.69) is 26.2 Å². The number of benzene rings is 1. The Morgan fingerprint density at radius 3 is 2.42 bits per heavy atom. The van der Waals surface area contributed by atoms with Gasteiger partial charge in [-0.15, -0.1) is 0 Å². The van der Waals surface area contributed by atoms with Gasteiger partial charge in [0.1, 0.15) is 17.3 Å². The van der Waals surface area contributed by atoms with Crippen molar-refractivity contribution in [3.63, 3.8) is 0 Å². The fraction of sp³-hybridized carbons (Fsp3) is 0. The molecule has 0 spiro atoms. The molecule has 1 amide bonds. The van der Waals surface area contributed by atoms with E-state index in [1.165, 1.54) is 18.3 Å². The molecular formula is C12H10BrN3O3. The number of nitrogen functional groups attached to an aromatic ring is 1. The number of aromatic hydroxyl groups is 2. The van der Waals surface area contributed by atoms with Crippen molar-refractivity contribution in [2.24, 2.45) is 0 Å². The monoisotopic (exact) mass is 323 g/mol. The van der Waals surface area contributed by atoms with Crippen molar-refractivity contribution in [2.45, 2.75) is 0 Å². The van der Waals surface area contributed by atoms with Crippen LogP contribution in [0.3, 0.4) is 0 Å². The van der Waals surface area contributed by atoms with E-state index in [9.17, 15) is 15.0 Å². The van der Waals surface area contributed by atoms with Gasteiger partial charge in [0.15, 0.2) is 0 Å². The molecule has 1 aromatic heterocycles. The number of pyridine rings is 1. The van der Waals surface area contributed by atoms with Crippen LogP contribution >= 0.6 is 15.9 Å². The summed E-state index contributed by atoms with van der Waals surface area (Å²) in [6, 6.07) is 5.21. The van der Waals surface area contributed by atoms with Crippen LogP contribution in [-0.2, 0) is 0 Å². The maximum Gasteiger partial charge on any atom is 0.257 e. The minimum Gasteiger partial charge on any atom is -0.508 e. The fourth-order valence-corrected chi connectivity index (χ4v) is 1.92. The molecule has 1 aromatic carbocycles. The molecule has 0 aliphatic heterocycles. The van der Waals surface area contributed by atoms with Crippen molar-refractivity contribution in [3.05, 3.63) is 40.5 Å². The maximum absolute atomic E-state index is 11.9. The van der Waals surface area contributed by atoms with Gasteiger partial charge in [-0.2, -0.15) is 0 Å². The Morgan fingerprint density at radius 2 is 1.84 bits per heavy atom. The van der Waals surface area contributed by atoms with Gasteiger partial charge in [-0.3, -0.25) is 4.79 Å². The zero-order valence-corrected chi connectivity index (χ0v) is 11.2. The summed E-state index contributed by atoms with van der Waals surface area (Å²) in [5.74, 6) is -0.616. The number of hydrogen-bond donors (Lipinski definition) is 4. The quantitative estimate of drug-likeness (QED) is 0.676. The van der Waals surface area contributed by atoms with Gasteiger partial charge in [-0.25, -0.2) is 4.98 Å². The highest BCUT2D eigenvalue weighted by Gasteiger charge is 2.11. The highest BCUT2D eigenvalue weighted by Crippen LogP contribution is 2.24. The van der Waals surface area contributed by atoms with Gasteiger partial charge in [0.05, 0.1) is 16.4 Å². The standard InChI is InChI=1S/C12H10BrN3O3/c13-10-3-7(14)5-15-11(10)16-12(19)6-1-8(17)4-9(18)2-6/h1-5,17-18H,14H2,(H,15,16,19). The number of aromatic nitrogens is 1. The smallest absolute Gasteiger partial charge is 0.257 e. The number of amides is 1. The molecule has 5 N–H and O–H groups in total. The third-order valence-electron chi connectivity index (χ3n) is 2.26. The molecule has 0 saturated heterocycles. The average Bonchev–Trinajstić information content (AvgIpc) is 2.31. The van der Waals surface area contributed by atoms with E-state index in [0.717, 1.165) is 6.07 Å². The van der Waals surface area contributed by atoms with Crippen LogP contribution < -0.4 is 11.1 Å². The molecule has 1 heterocycles. The number of carbonyl (C=O) groups is 1. The second kappa shape index (κ2) is 5.15. The first-order chi connectivity index (χ1) is 8.95. The van der Waals surface area contributed by atoms with Gasteiger partial charge >= 0.3 is 0 Å². The minimum absolute atomic E-state index is 0.114. The van der Waals surface area contributed by atoms with E-state index in [-0.39, 0.29) is 17.1 Å². The Morgan fingerprint density at radius 1 is 1.21 bits per heavy atom. The summed E-state index contributed by atoms with van der Waals surface area (Å²) >= 11 is 3.22. The SMILES string of the molecule is Nc1cnc(NC(=O)c2cc(O)cc(O)c2)c(Br)c1. The lowest BCUT2D eigenvalue weighted by atomic mass is 10.2. The van der Waals surface area contributed by atoms with Gasteiger partial charge in [-0.05, 0) is 34.1 Å². The molecule has 6 nitrogen and oxygen atoms in total. The molecule has 0 aliphatic carbocycles. The summed E-state index contributed by atoms with van der Waals surface area (Å²) in [4.78, 5) is 15.9. The Labute approximate surface area is 117 Å². The minimum atomic E-state index is -0.510. The van der Waals surface area contributed by atoms with Gasteiger partial charge in [-0.1, -0.05) is 0 Å². The van der Waals surface area contributed by atoms with Crippen LogP contribution in [0.2, 0.25) is 0 Å². The molecule has 0 radical (unpaired) electrons. The Balaban J connectivity index is 2.25. The summed E-state index contributed by atoms with van der Waals surface area (Å²) < 4.78 is 0.533. The normalized spacial score (nSPS) is 10.2. The van der Waals surface area contributed by atoms with Crippen molar-refractivity contribution in [3.8, 4) is 11.5 Å². The number of carbonyl (C=O) groups excluding carboxylic acids is 1. The van der Waals surface area contributed by atoms with Crippen molar-refractivity contribution >= 4 is 33.3 Å². The predicted molar refractivity (Wildman–Crippen MR) is 74.1 cm³/mol. The Bertz CT molecular complexity index is 626. The number of phenols is 2. The summed E-state index contributed by atoms with van der Waals surface area (Å²) in [5, 5.41) is 21.2. The third-order valence-corrected chi connectivity index (χ3v) is 2.86. The lowest BCUT2D eigenvalue weighted by Gasteiger charge is -2.07. The van der Waals surface area contributed by atoms with Crippen LogP contribution in [0.25, 0.3) is 0 Å². The largest absolute Gasteiger partial charge is 0.508 e. The molecule has 2 rings (SSSR count). The lowest BCUT2D eigenvalue weighted by Crippen LogP contribution is -2.13. The first kappa shape index (κ1) is 13.2. The van der Waals surface area contributed by atoms with Crippen LogP contribution in [0.5, 0.6) is 11.5 Å². The zero-order chi connectivity index (χ0) is 14.0. The highest BCUT2D eigenvalue weighted by molar-refractivity contribution is 9.10. The zero-order valence-electron chi connectivity index (χ0n) is 9.59. The molecule has 0 atom stereocenters. The van der Waals surface area contributed by atoms with E-state index in [0.29, 0.717) is 16.0 Å². The summed E-state index contributed by atoms with van der Waals surface area (Å²) in [6.45, 7) is 0. The number of nitrogens with two attached hydrogens (primary N) is 1. The van der Waals surface area contributed by atoms with E-state index in [1.54, 1.807) is 6.07 Å². The van der Waals surface area contributed by atoms with E-state index >= 15 is 0 Å². The van der Waals surface area contributed by atoms with Crippen molar-refractivity contribution < 1.29 is 15.0 Å². The Kier molecular flexibility index (Phi) is 3.57. The van der Waals surface area contributed by atoms with Crippen LogP contribution in [0.15, 0.2) is 34.9 Å². The molecule has 0 unspecified atom stereocenters. The van der Waals surface area contributed by atoms with Crippen LogP contribution in [0.1, 0.15) is 10.4 Å². The number of nitrogens with one attached hydrogen (secondary N) is 1. The number of nitrogens with zero attached hydrogens (tertiary/aromatic N) is 1. The molecule has 0 aliphatic rings. The second-order valence-corrected chi connectivity index (χ2v) is 4.65. The van der Waals surface area contributed by atoms with Gasteiger partial charge in [0.25, 0.3) is 5.91 Å². The van der Waals surface area contributed by atoms with Crippen LogP contribution in [0, 0.1) is 0 Å². The highest BCUT2D eigenvalue weighted by atomic mass is 79.9. The van der Waals surface area contributed by atoms with Crippen LogP contribution in [0.4, 0.5) is 11.5 Å². The number of rotatable bonds is 2. The fourth-order valence-electron chi connectivity index (χ4n) is 1.45. The van der Waals surface area contributed by atoms with Crippen LogP contribution in [-0.4, -0.2) is 21.1 Å². The number of phenolic OH excluding ortho intramolecular Hbond substituents is 2. The van der Waals surface area contributed by atoms with Crippen molar-refractivity contribution in [1.82, 2.24) is 4.98 Å². The van der Waals surface area contributed by atoms with E-state index < -0.39 is 5.91 Å². The molecule has 0 saturated carbocycles. The summed E-state index contributed by atoms with van der Waals surface area (Å²) in [6.07, 6.45) is 1.40. The summed E-state index contributed by atoms with van der Waals surface area (Å²) in [7, 11) is 0. The van der Waals surface area contributed by atoms with Crippen molar-refractivity contribution in [2.75, 3.05) is 11.1 Å². The first-order valence-corrected chi connectivity index (χ1v) is 6.00. The van der Waals surface area contributed by atoms with E-state index in [1.807, 2.05) is 0 Å². The number of hydrogen-bond acceptors (Lipinski definition) is 5. The van der Waals surface area contributed by atoms with E-state index in [4.69, 9.17) is 5.73 Å². The predicted octanol–water partition coefficient (Wildman–Crippen LogP) is 2.09. The molecule has 2 aromatic rings. The van der Waals surface area contributed by atoms with Gasteiger partial charge in [0.2, 0.25) is 0 Å². The molecule has 0 fully saturated rings. The third kappa shape index (κ3) is 3.14. The Hall–Kier alpha value is -2.28. The average molecular weight is 324 g/mol. The molecule has 7 heteroatoms. The topological polar surface area (TPSA) is 108 Å². The maximum atomic E-state index is 11.9. The second-order valence-electron chi connectivity index (χ2n) is 3.79. The first-order valence-electron chi connectivity index (χ1n) is 5.21. The lowest BCUT2D eigenvalue weighted by molar-refractivity contribution is 0.102.